The third-order valence-corrected chi connectivity index (χ3v) is 3.44. The van der Waals surface area contributed by atoms with Crippen LogP contribution >= 0.6 is 11.6 Å². The van der Waals surface area contributed by atoms with E-state index in [2.05, 4.69) is 0 Å². The van der Waals surface area contributed by atoms with Gasteiger partial charge in [0, 0.05) is 17.6 Å². The van der Waals surface area contributed by atoms with E-state index >= 15 is 0 Å². The molecule has 19 heavy (non-hydrogen) atoms. The number of hydrogen-bond donors (Lipinski definition) is 1. The molecule has 1 saturated heterocycles. The summed E-state index contributed by atoms with van der Waals surface area (Å²) in [6.07, 6.45) is 1.26. The Balaban J connectivity index is 2.20. The number of amides is 1. The van der Waals surface area contributed by atoms with Crippen molar-refractivity contribution in [3.8, 4) is 0 Å². The highest BCUT2D eigenvalue weighted by atomic mass is 35.5. The molecule has 0 aromatic heterocycles. The van der Waals surface area contributed by atoms with E-state index < -0.39 is 17.7 Å². The number of carboxylic acids is 1. The van der Waals surface area contributed by atoms with Crippen LogP contribution in [0.2, 0.25) is 5.02 Å². The Morgan fingerprint density at radius 1 is 1.47 bits per heavy atom. The molecule has 1 heterocycles. The summed E-state index contributed by atoms with van der Waals surface area (Å²) >= 11 is 5.64. The number of aliphatic carboxylic acids is 1. The minimum atomic E-state index is -0.957. The van der Waals surface area contributed by atoms with Gasteiger partial charge in [0.15, 0.2) is 0 Å². The lowest BCUT2D eigenvalue weighted by Gasteiger charge is -2.23. The molecule has 2 rings (SSSR count). The van der Waals surface area contributed by atoms with Gasteiger partial charge in [0.05, 0.1) is 12.0 Å². The summed E-state index contributed by atoms with van der Waals surface area (Å²) in [7, 11) is 0. The molecule has 1 aromatic rings. The van der Waals surface area contributed by atoms with Gasteiger partial charge in [-0.05, 0) is 31.0 Å². The molecule has 1 aliphatic heterocycles. The van der Waals surface area contributed by atoms with E-state index in [1.54, 1.807) is 0 Å². The number of benzene rings is 1. The van der Waals surface area contributed by atoms with Crippen molar-refractivity contribution >= 4 is 23.5 Å². The van der Waals surface area contributed by atoms with Crippen molar-refractivity contribution in [1.29, 1.82) is 0 Å². The number of nitrogens with zero attached hydrogens (tertiary/aromatic N) is 1. The summed E-state index contributed by atoms with van der Waals surface area (Å²) in [5, 5.41) is 9.03. The van der Waals surface area contributed by atoms with E-state index in [1.165, 1.54) is 17.0 Å². The third-order valence-electron chi connectivity index (χ3n) is 3.21. The summed E-state index contributed by atoms with van der Waals surface area (Å²) in [5.41, 5.74) is -0.0679. The number of carbonyl (C=O) groups is 2. The fraction of sp³-hybridized carbons (Fsp3) is 0.385. The number of carbonyl (C=O) groups excluding carboxylic acids is 1. The van der Waals surface area contributed by atoms with Crippen LogP contribution in [0.15, 0.2) is 18.2 Å². The van der Waals surface area contributed by atoms with Crippen LogP contribution in [-0.2, 0) is 4.79 Å². The quantitative estimate of drug-likeness (QED) is 0.928. The molecule has 1 N–H and O–H groups in total. The smallest absolute Gasteiger partial charge is 0.305 e. The molecule has 0 radical (unpaired) electrons. The van der Waals surface area contributed by atoms with Crippen LogP contribution in [0, 0.1) is 5.82 Å². The number of carboxylic acid groups (broad SMARTS) is 1. The van der Waals surface area contributed by atoms with Crippen molar-refractivity contribution < 1.29 is 19.1 Å². The van der Waals surface area contributed by atoms with Gasteiger partial charge in [-0.1, -0.05) is 11.6 Å². The molecule has 0 spiro atoms. The van der Waals surface area contributed by atoms with Crippen molar-refractivity contribution in [3.63, 3.8) is 0 Å². The van der Waals surface area contributed by atoms with E-state index in [-0.39, 0.29) is 23.0 Å². The van der Waals surface area contributed by atoms with E-state index in [0.29, 0.717) is 13.0 Å². The molecule has 0 saturated carbocycles. The van der Waals surface area contributed by atoms with Crippen molar-refractivity contribution in [2.45, 2.75) is 25.3 Å². The molecule has 1 amide bonds. The van der Waals surface area contributed by atoms with Gasteiger partial charge in [-0.15, -0.1) is 0 Å². The Morgan fingerprint density at radius 3 is 2.84 bits per heavy atom. The molecular formula is C13H13ClFNO3. The second kappa shape index (κ2) is 5.57. The van der Waals surface area contributed by atoms with Crippen LogP contribution in [-0.4, -0.2) is 34.5 Å². The monoisotopic (exact) mass is 285 g/mol. The van der Waals surface area contributed by atoms with Gasteiger partial charge < -0.3 is 10.0 Å². The zero-order chi connectivity index (χ0) is 14.0. The molecule has 1 unspecified atom stereocenters. The number of halogens is 2. The Morgan fingerprint density at radius 2 is 2.21 bits per heavy atom. The Labute approximate surface area is 114 Å². The normalized spacial score (nSPS) is 18.6. The molecule has 102 valence electrons. The van der Waals surface area contributed by atoms with Gasteiger partial charge in [-0.3, -0.25) is 9.59 Å². The summed E-state index contributed by atoms with van der Waals surface area (Å²) < 4.78 is 13.7. The molecule has 0 aliphatic carbocycles. The lowest BCUT2D eigenvalue weighted by Crippen LogP contribution is -2.37. The summed E-state index contributed by atoms with van der Waals surface area (Å²) in [6, 6.07) is 3.49. The summed E-state index contributed by atoms with van der Waals surface area (Å²) in [6.45, 7) is 0.457. The average Bonchev–Trinajstić information content (AvgIpc) is 2.75. The minimum absolute atomic E-state index is 0.0679. The van der Waals surface area contributed by atoms with Gasteiger partial charge in [0.1, 0.15) is 5.82 Å². The van der Waals surface area contributed by atoms with Crippen LogP contribution < -0.4 is 0 Å². The molecule has 4 nitrogen and oxygen atoms in total. The van der Waals surface area contributed by atoms with Gasteiger partial charge in [-0.2, -0.15) is 0 Å². The fourth-order valence-electron chi connectivity index (χ4n) is 2.33. The lowest BCUT2D eigenvalue weighted by atomic mass is 10.1. The fourth-order valence-corrected chi connectivity index (χ4v) is 2.49. The number of rotatable bonds is 3. The largest absolute Gasteiger partial charge is 0.481 e. The zero-order valence-corrected chi connectivity index (χ0v) is 10.9. The first-order valence-electron chi connectivity index (χ1n) is 5.97. The highest BCUT2D eigenvalue weighted by Crippen LogP contribution is 2.24. The van der Waals surface area contributed by atoms with Gasteiger partial charge >= 0.3 is 5.97 Å². The van der Waals surface area contributed by atoms with E-state index in [0.717, 1.165) is 12.5 Å². The minimum Gasteiger partial charge on any atom is -0.481 e. The Hall–Kier alpha value is -1.62. The average molecular weight is 286 g/mol. The van der Waals surface area contributed by atoms with Gasteiger partial charge in [0.25, 0.3) is 5.91 Å². The molecular weight excluding hydrogens is 273 g/mol. The van der Waals surface area contributed by atoms with Crippen LogP contribution in [0.1, 0.15) is 29.6 Å². The Kier molecular flexibility index (Phi) is 4.04. The van der Waals surface area contributed by atoms with Crippen LogP contribution in [0.4, 0.5) is 4.39 Å². The standard InChI is InChI=1S/C13H13ClFNO3/c14-8-3-4-10(11(15)6-8)13(19)16-5-1-2-9(16)7-12(17)18/h3-4,6,9H,1-2,5,7H2,(H,17,18). The van der Waals surface area contributed by atoms with Crippen LogP contribution in [0.25, 0.3) is 0 Å². The first-order valence-corrected chi connectivity index (χ1v) is 6.34. The molecule has 1 aliphatic rings. The van der Waals surface area contributed by atoms with Crippen LogP contribution in [0.5, 0.6) is 0 Å². The van der Waals surface area contributed by atoms with Crippen molar-refractivity contribution in [3.05, 3.63) is 34.6 Å². The van der Waals surface area contributed by atoms with Crippen molar-refractivity contribution in [2.75, 3.05) is 6.54 Å². The molecule has 0 bridgehead atoms. The second-order valence-electron chi connectivity index (χ2n) is 4.52. The number of likely N-dealkylation sites (tertiary alicyclic amines) is 1. The maximum absolute atomic E-state index is 13.7. The number of hydrogen-bond acceptors (Lipinski definition) is 2. The SMILES string of the molecule is O=C(O)CC1CCCN1C(=O)c1ccc(Cl)cc1F. The molecule has 1 atom stereocenters. The van der Waals surface area contributed by atoms with E-state index in [9.17, 15) is 14.0 Å². The maximum Gasteiger partial charge on any atom is 0.305 e. The predicted molar refractivity (Wildman–Crippen MR) is 67.7 cm³/mol. The topological polar surface area (TPSA) is 57.6 Å². The van der Waals surface area contributed by atoms with E-state index in [1.807, 2.05) is 0 Å². The molecule has 6 heteroatoms. The summed E-state index contributed by atoms with van der Waals surface area (Å²) in [5.74, 6) is -2.11. The van der Waals surface area contributed by atoms with Crippen molar-refractivity contribution in [2.24, 2.45) is 0 Å². The Bertz CT molecular complexity index is 521. The second-order valence-corrected chi connectivity index (χ2v) is 4.95. The highest BCUT2D eigenvalue weighted by molar-refractivity contribution is 6.30. The predicted octanol–water partition coefficient (Wildman–Crippen LogP) is 2.56. The third kappa shape index (κ3) is 3.04. The van der Waals surface area contributed by atoms with E-state index in [4.69, 9.17) is 16.7 Å². The van der Waals surface area contributed by atoms with Crippen LogP contribution in [0.3, 0.4) is 0 Å². The zero-order valence-electron chi connectivity index (χ0n) is 10.1. The molecule has 1 aromatic carbocycles. The van der Waals surface area contributed by atoms with Crippen molar-refractivity contribution in [1.82, 2.24) is 4.90 Å². The highest BCUT2D eigenvalue weighted by Gasteiger charge is 2.32. The lowest BCUT2D eigenvalue weighted by molar-refractivity contribution is -0.137. The first kappa shape index (κ1) is 13.8. The molecule has 1 fully saturated rings. The van der Waals surface area contributed by atoms with Gasteiger partial charge in [-0.25, -0.2) is 4.39 Å². The maximum atomic E-state index is 13.7. The first-order chi connectivity index (χ1) is 8.99. The van der Waals surface area contributed by atoms with Gasteiger partial charge in [0.2, 0.25) is 0 Å². The summed E-state index contributed by atoms with van der Waals surface area (Å²) in [4.78, 5) is 24.4.